The maximum atomic E-state index is 5.51. The Hall–Kier alpha value is -3.59. The highest BCUT2D eigenvalue weighted by molar-refractivity contribution is 7.13. The zero-order valence-corrected chi connectivity index (χ0v) is 16.1. The molecule has 9 heteroatoms. The number of benzene rings is 1. The number of hydrogen-bond acceptors (Lipinski definition) is 9. The highest BCUT2D eigenvalue weighted by Gasteiger charge is 2.18. The van der Waals surface area contributed by atoms with E-state index in [0.29, 0.717) is 12.5 Å². The van der Waals surface area contributed by atoms with E-state index in [4.69, 9.17) is 14.5 Å². The summed E-state index contributed by atoms with van der Waals surface area (Å²) in [5, 5.41) is 6.02. The number of thiazole rings is 1. The van der Waals surface area contributed by atoms with Gasteiger partial charge in [-0.25, -0.2) is 15.0 Å². The van der Waals surface area contributed by atoms with Crippen LogP contribution in [0.2, 0.25) is 0 Å². The van der Waals surface area contributed by atoms with E-state index in [1.807, 2.05) is 29.8 Å². The van der Waals surface area contributed by atoms with Gasteiger partial charge in [0.25, 0.3) is 0 Å². The van der Waals surface area contributed by atoms with Gasteiger partial charge in [-0.3, -0.25) is 9.97 Å². The van der Waals surface area contributed by atoms with E-state index in [2.05, 4.69) is 25.3 Å². The van der Waals surface area contributed by atoms with Crippen LogP contribution in [0.3, 0.4) is 0 Å². The molecule has 0 bridgehead atoms. The summed E-state index contributed by atoms with van der Waals surface area (Å²) in [6.45, 7) is 0.892. The number of nitrogens with one attached hydrogen (secondary N) is 1. The van der Waals surface area contributed by atoms with Crippen molar-refractivity contribution < 1.29 is 9.47 Å². The highest BCUT2D eigenvalue weighted by Crippen LogP contribution is 2.38. The standard InChI is InChI=1S/C20H16N6O2S/c1-2-16-17(28-12-27-16)9-13(1)15-11-25-20(26-18(15)19-23-7-8-29-19)24-4-3-14-10-21-5-6-22-14/h1-2,5-11H,3-4,12H2,(H,24,25,26). The largest absolute Gasteiger partial charge is 0.454 e. The van der Waals surface area contributed by atoms with Crippen LogP contribution in [0.5, 0.6) is 11.5 Å². The molecule has 0 aliphatic carbocycles. The summed E-state index contributed by atoms with van der Waals surface area (Å²) in [5.74, 6) is 2.01. The Balaban J connectivity index is 1.43. The van der Waals surface area contributed by atoms with Crippen LogP contribution in [0.1, 0.15) is 5.69 Å². The Labute approximate surface area is 170 Å². The molecular formula is C20H16N6O2S. The third-order valence-corrected chi connectivity index (χ3v) is 5.17. The van der Waals surface area contributed by atoms with Crippen molar-refractivity contribution in [1.29, 1.82) is 0 Å². The van der Waals surface area contributed by atoms with Crippen LogP contribution in [0.4, 0.5) is 5.95 Å². The Morgan fingerprint density at radius 3 is 2.83 bits per heavy atom. The molecule has 1 aromatic carbocycles. The minimum atomic E-state index is 0.239. The monoisotopic (exact) mass is 404 g/mol. The Morgan fingerprint density at radius 2 is 1.97 bits per heavy atom. The Morgan fingerprint density at radius 1 is 1.00 bits per heavy atom. The van der Waals surface area contributed by atoms with Crippen molar-refractivity contribution in [1.82, 2.24) is 24.9 Å². The van der Waals surface area contributed by atoms with Crippen LogP contribution >= 0.6 is 11.3 Å². The van der Waals surface area contributed by atoms with Gasteiger partial charge in [-0.2, -0.15) is 0 Å². The SMILES string of the molecule is c1cnc(CCNc2ncc(-c3ccc4c(c3)OCO4)c(-c3nccs3)n2)cn1. The minimum Gasteiger partial charge on any atom is -0.454 e. The third kappa shape index (κ3) is 3.72. The fraction of sp³-hybridized carbons (Fsp3) is 0.150. The lowest BCUT2D eigenvalue weighted by Gasteiger charge is -2.10. The topological polar surface area (TPSA) is 94.9 Å². The molecule has 0 saturated carbocycles. The van der Waals surface area contributed by atoms with Crippen molar-refractivity contribution in [3.8, 4) is 33.3 Å². The van der Waals surface area contributed by atoms with Gasteiger partial charge < -0.3 is 14.8 Å². The Kier molecular flexibility index (Phi) is 4.71. The molecule has 4 heterocycles. The number of aromatic nitrogens is 5. The van der Waals surface area contributed by atoms with Crippen LogP contribution in [0.25, 0.3) is 21.8 Å². The molecule has 0 spiro atoms. The van der Waals surface area contributed by atoms with Gasteiger partial charge in [0.05, 0.1) is 5.69 Å². The van der Waals surface area contributed by atoms with E-state index in [1.54, 1.807) is 24.8 Å². The van der Waals surface area contributed by atoms with Crippen molar-refractivity contribution in [3.63, 3.8) is 0 Å². The van der Waals surface area contributed by atoms with E-state index in [-0.39, 0.29) is 6.79 Å². The molecule has 8 nitrogen and oxygen atoms in total. The summed E-state index contributed by atoms with van der Waals surface area (Å²) in [7, 11) is 0. The molecule has 29 heavy (non-hydrogen) atoms. The summed E-state index contributed by atoms with van der Waals surface area (Å²) in [4.78, 5) is 22.0. The first kappa shape index (κ1) is 17.5. The van der Waals surface area contributed by atoms with Gasteiger partial charge in [0.1, 0.15) is 10.7 Å². The first-order valence-electron chi connectivity index (χ1n) is 9.02. The lowest BCUT2D eigenvalue weighted by atomic mass is 10.1. The maximum Gasteiger partial charge on any atom is 0.231 e. The third-order valence-electron chi connectivity index (χ3n) is 4.39. The van der Waals surface area contributed by atoms with E-state index < -0.39 is 0 Å². The van der Waals surface area contributed by atoms with Gasteiger partial charge in [0.15, 0.2) is 11.5 Å². The molecule has 0 amide bonds. The average Bonchev–Trinajstić information content (AvgIpc) is 3.46. The molecule has 4 aromatic rings. The van der Waals surface area contributed by atoms with Gasteiger partial charge in [-0.05, 0) is 17.7 Å². The zero-order chi connectivity index (χ0) is 19.5. The number of ether oxygens (including phenoxy) is 2. The van der Waals surface area contributed by atoms with Crippen LogP contribution in [-0.4, -0.2) is 38.3 Å². The zero-order valence-electron chi connectivity index (χ0n) is 15.3. The van der Waals surface area contributed by atoms with Gasteiger partial charge in [-0.1, -0.05) is 6.07 Å². The number of rotatable bonds is 6. The molecule has 1 aliphatic heterocycles. The number of nitrogens with zero attached hydrogens (tertiary/aromatic N) is 5. The van der Waals surface area contributed by atoms with Crippen molar-refractivity contribution in [2.75, 3.05) is 18.7 Å². The summed E-state index contributed by atoms with van der Waals surface area (Å²) in [6, 6.07) is 5.82. The molecule has 0 radical (unpaired) electrons. The van der Waals surface area contributed by atoms with Crippen LogP contribution in [-0.2, 0) is 6.42 Å². The second-order valence-electron chi connectivity index (χ2n) is 6.23. The molecule has 144 valence electrons. The van der Waals surface area contributed by atoms with Gasteiger partial charge in [-0.15, -0.1) is 11.3 Å². The van der Waals surface area contributed by atoms with Crippen molar-refractivity contribution in [2.45, 2.75) is 6.42 Å². The molecular weight excluding hydrogens is 388 g/mol. The number of hydrogen-bond donors (Lipinski definition) is 1. The maximum absolute atomic E-state index is 5.51. The normalized spacial score (nSPS) is 12.1. The van der Waals surface area contributed by atoms with E-state index in [0.717, 1.165) is 45.4 Å². The van der Waals surface area contributed by atoms with Crippen LogP contribution < -0.4 is 14.8 Å². The molecule has 0 unspecified atom stereocenters. The van der Waals surface area contributed by atoms with Gasteiger partial charge in [0.2, 0.25) is 12.7 Å². The predicted molar refractivity (Wildman–Crippen MR) is 109 cm³/mol. The second kappa shape index (κ2) is 7.80. The molecule has 0 fully saturated rings. The molecule has 1 N–H and O–H groups in total. The summed E-state index contributed by atoms with van der Waals surface area (Å²) >= 11 is 1.54. The Bertz CT molecular complexity index is 1120. The molecule has 0 saturated heterocycles. The van der Waals surface area contributed by atoms with E-state index in [9.17, 15) is 0 Å². The smallest absolute Gasteiger partial charge is 0.231 e. The molecule has 5 rings (SSSR count). The van der Waals surface area contributed by atoms with Crippen molar-refractivity contribution in [2.24, 2.45) is 0 Å². The number of fused-ring (bicyclic) bond motifs is 1. The van der Waals surface area contributed by atoms with Crippen molar-refractivity contribution >= 4 is 17.3 Å². The molecule has 1 aliphatic rings. The van der Waals surface area contributed by atoms with E-state index in [1.165, 1.54) is 11.3 Å². The van der Waals surface area contributed by atoms with Crippen LogP contribution in [0.15, 0.2) is 54.6 Å². The summed E-state index contributed by atoms with van der Waals surface area (Å²) in [6.07, 6.45) is 9.42. The summed E-state index contributed by atoms with van der Waals surface area (Å²) < 4.78 is 10.9. The lowest BCUT2D eigenvalue weighted by molar-refractivity contribution is 0.174. The first-order chi connectivity index (χ1) is 14.4. The number of anilines is 1. The lowest BCUT2D eigenvalue weighted by Crippen LogP contribution is -2.09. The average molecular weight is 404 g/mol. The fourth-order valence-corrected chi connectivity index (χ4v) is 3.65. The highest BCUT2D eigenvalue weighted by atomic mass is 32.1. The summed E-state index contributed by atoms with van der Waals surface area (Å²) in [5.41, 5.74) is 3.52. The molecule has 0 atom stereocenters. The quantitative estimate of drug-likeness (QED) is 0.522. The van der Waals surface area contributed by atoms with E-state index >= 15 is 0 Å². The fourth-order valence-electron chi connectivity index (χ4n) is 3.01. The first-order valence-corrected chi connectivity index (χ1v) is 9.90. The van der Waals surface area contributed by atoms with Crippen molar-refractivity contribution in [3.05, 3.63) is 60.3 Å². The molecule has 3 aromatic heterocycles. The van der Waals surface area contributed by atoms with Crippen LogP contribution in [0, 0.1) is 0 Å². The predicted octanol–water partition coefficient (Wildman–Crippen LogP) is 3.44. The van der Waals surface area contributed by atoms with Gasteiger partial charge in [0, 0.05) is 54.9 Å². The minimum absolute atomic E-state index is 0.239. The van der Waals surface area contributed by atoms with Gasteiger partial charge >= 0.3 is 0 Å². The second-order valence-corrected chi connectivity index (χ2v) is 7.13.